The fourth-order valence-electron chi connectivity index (χ4n) is 0.933. The summed E-state index contributed by atoms with van der Waals surface area (Å²) in [4.78, 5) is 22.1. The molecule has 0 aromatic heterocycles. The molecular formula is C9H19N3O2. The van der Waals surface area contributed by atoms with Crippen molar-refractivity contribution < 1.29 is 9.59 Å². The van der Waals surface area contributed by atoms with Crippen LogP contribution in [0.15, 0.2) is 0 Å². The highest BCUT2D eigenvalue weighted by Crippen LogP contribution is 1.81. The van der Waals surface area contributed by atoms with Crippen LogP contribution in [0.25, 0.3) is 0 Å². The van der Waals surface area contributed by atoms with Crippen LogP contribution >= 0.6 is 0 Å². The Bertz CT molecular complexity index is 192. The molecule has 0 aromatic rings. The number of carbonyl (C=O) groups excluding carboxylic acids is 2. The summed E-state index contributed by atoms with van der Waals surface area (Å²) in [6, 6.07) is 0.149. The maximum absolute atomic E-state index is 11.1. The Balaban J connectivity index is 3.44. The van der Waals surface area contributed by atoms with E-state index in [2.05, 4.69) is 16.0 Å². The molecule has 82 valence electrons. The molecule has 0 rings (SSSR count). The Kier molecular flexibility index (Phi) is 6.74. The second-order valence-electron chi connectivity index (χ2n) is 3.35. The smallest absolute Gasteiger partial charge is 0.233 e. The van der Waals surface area contributed by atoms with Crippen molar-refractivity contribution in [3.63, 3.8) is 0 Å². The lowest BCUT2D eigenvalue weighted by Crippen LogP contribution is -2.36. The molecule has 5 heteroatoms. The molecule has 0 heterocycles. The van der Waals surface area contributed by atoms with Gasteiger partial charge in [-0.05, 0) is 20.9 Å². The van der Waals surface area contributed by atoms with Crippen LogP contribution in [0.4, 0.5) is 0 Å². The topological polar surface area (TPSA) is 70.2 Å². The van der Waals surface area contributed by atoms with Gasteiger partial charge in [-0.15, -0.1) is 0 Å². The molecule has 2 amide bonds. The van der Waals surface area contributed by atoms with Crippen LogP contribution in [0.5, 0.6) is 0 Å². The number of rotatable bonds is 6. The molecule has 0 saturated carbocycles. The molecule has 0 spiro atoms. The first-order valence-corrected chi connectivity index (χ1v) is 4.77. The Morgan fingerprint density at radius 3 is 2.36 bits per heavy atom. The molecule has 5 nitrogen and oxygen atoms in total. The van der Waals surface area contributed by atoms with Crippen molar-refractivity contribution >= 4 is 11.8 Å². The maximum atomic E-state index is 11.1. The third kappa shape index (κ3) is 7.54. The van der Waals surface area contributed by atoms with Gasteiger partial charge in [-0.25, -0.2) is 0 Å². The molecular weight excluding hydrogens is 182 g/mol. The van der Waals surface area contributed by atoms with E-state index in [1.807, 2.05) is 13.8 Å². The number of carbonyl (C=O) groups is 2. The number of likely N-dealkylation sites (N-methyl/N-ethyl adjacent to an activating group) is 1. The average Bonchev–Trinajstić information content (AvgIpc) is 2.02. The molecule has 0 aliphatic heterocycles. The minimum Gasteiger partial charge on any atom is -0.354 e. The molecule has 0 saturated heterocycles. The van der Waals surface area contributed by atoms with Crippen LogP contribution in [-0.4, -0.2) is 38.0 Å². The third-order valence-electron chi connectivity index (χ3n) is 1.46. The number of nitrogens with one attached hydrogen (secondary N) is 3. The zero-order valence-electron chi connectivity index (χ0n) is 9.02. The van der Waals surface area contributed by atoms with E-state index < -0.39 is 0 Å². The second-order valence-corrected chi connectivity index (χ2v) is 3.35. The van der Waals surface area contributed by atoms with Crippen molar-refractivity contribution in [1.29, 1.82) is 0 Å². The van der Waals surface area contributed by atoms with Crippen LogP contribution < -0.4 is 16.0 Å². The van der Waals surface area contributed by atoms with Gasteiger partial charge in [0, 0.05) is 19.0 Å². The Hall–Kier alpha value is -1.10. The fourth-order valence-corrected chi connectivity index (χ4v) is 0.933. The van der Waals surface area contributed by atoms with Gasteiger partial charge in [-0.3, -0.25) is 9.59 Å². The molecule has 14 heavy (non-hydrogen) atoms. The summed E-state index contributed by atoms with van der Waals surface area (Å²) >= 11 is 0. The summed E-state index contributed by atoms with van der Waals surface area (Å²) in [5.74, 6) is -0.130. The fraction of sp³-hybridized carbons (Fsp3) is 0.778. The average molecular weight is 201 g/mol. The van der Waals surface area contributed by atoms with Crippen LogP contribution in [0.1, 0.15) is 20.3 Å². The van der Waals surface area contributed by atoms with Crippen LogP contribution in [0, 0.1) is 0 Å². The Morgan fingerprint density at radius 1 is 1.21 bits per heavy atom. The van der Waals surface area contributed by atoms with Gasteiger partial charge >= 0.3 is 0 Å². The molecule has 0 unspecified atom stereocenters. The van der Waals surface area contributed by atoms with Gasteiger partial charge in [0.05, 0.1) is 6.54 Å². The molecule has 0 aromatic carbocycles. The first-order chi connectivity index (χ1) is 6.56. The van der Waals surface area contributed by atoms with Gasteiger partial charge in [0.2, 0.25) is 11.8 Å². The molecule has 3 N–H and O–H groups in total. The van der Waals surface area contributed by atoms with E-state index in [0.717, 1.165) is 0 Å². The third-order valence-corrected chi connectivity index (χ3v) is 1.46. The lowest BCUT2D eigenvalue weighted by molar-refractivity contribution is -0.122. The number of amides is 2. The first-order valence-electron chi connectivity index (χ1n) is 4.77. The molecule has 0 radical (unpaired) electrons. The van der Waals surface area contributed by atoms with E-state index in [0.29, 0.717) is 13.0 Å². The molecule has 0 aliphatic carbocycles. The Labute approximate surface area is 84.6 Å². The summed E-state index contributed by atoms with van der Waals surface area (Å²) in [5, 5.41) is 8.09. The second kappa shape index (κ2) is 7.32. The molecule has 0 atom stereocenters. The Morgan fingerprint density at radius 2 is 1.86 bits per heavy atom. The predicted molar refractivity (Wildman–Crippen MR) is 54.8 cm³/mol. The lowest BCUT2D eigenvalue weighted by Gasteiger charge is -2.08. The van der Waals surface area contributed by atoms with E-state index in [1.165, 1.54) is 0 Å². The van der Waals surface area contributed by atoms with Crippen LogP contribution in [0.3, 0.4) is 0 Å². The zero-order chi connectivity index (χ0) is 11.0. The lowest BCUT2D eigenvalue weighted by atomic mass is 10.3. The number of hydrogen-bond donors (Lipinski definition) is 3. The highest BCUT2D eigenvalue weighted by Gasteiger charge is 2.03. The van der Waals surface area contributed by atoms with Gasteiger partial charge < -0.3 is 16.0 Å². The monoisotopic (exact) mass is 201 g/mol. The summed E-state index contributed by atoms with van der Waals surface area (Å²) in [5.41, 5.74) is 0. The SMILES string of the molecule is CNCC(=O)NCCC(=O)NC(C)C. The van der Waals surface area contributed by atoms with Gasteiger partial charge in [-0.2, -0.15) is 0 Å². The summed E-state index contributed by atoms with van der Waals surface area (Å²) in [6.07, 6.45) is 0.327. The van der Waals surface area contributed by atoms with Gasteiger partial charge in [-0.1, -0.05) is 0 Å². The first kappa shape index (κ1) is 12.9. The van der Waals surface area contributed by atoms with E-state index in [9.17, 15) is 9.59 Å². The van der Waals surface area contributed by atoms with Gasteiger partial charge in [0.15, 0.2) is 0 Å². The highest BCUT2D eigenvalue weighted by molar-refractivity contribution is 5.80. The minimum atomic E-state index is -0.0927. The van der Waals surface area contributed by atoms with Crippen LogP contribution in [0.2, 0.25) is 0 Å². The minimum absolute atomic E-state index is 0.0373. The predicted octanol–water partition coefficient (Wildman–Crippen LogP) is -0.763. The van der Waals surface area contributed by atoms with E-state index in [-0.39, 0.29) is 24.4 Å². The van der Waals surface area contributed by atoms with Crippen molar-refractivity contribution in [2.75, 3.05) is 20.1 Å². The molecule has 0 bridgehead atoms. The largest absolute Gasteiger partial charge is 0.354 e. The number of hydrogen-bond acceptors (Lipinski definition) is 3. The van der Waals surface area contributed by atoms with E-state index >= 15 is 0 Å². The maximum Gasteiger partial charge on any atom is 0.233 e. The summed E-state index contributed by atoms with van der Waals surface area (Å²) < 4.78 is 0. The van der Waals surface area contributed by atoms with E-state index in [4.69, 9.17) is 0 Å². The normalized spacial score (nSPS) is 10.0. The quantitative estimate of drug-likeness (QED) is 0.529. The zero-order valence-corrected chi connectivity index (χ0v) is 9.02. The van der Waals surface area contributed by atoms with Crippen molar-refractivity contribution in [1.82, 2.24) is 16.0 Å². The molecule has 0 fully saturated rings. The van der Waals surface area contributed by atoms with Crippen molar-refractivity contribution in [3.05, 3.63) is 0 Å². The summed E-state index contributed by atoms with van der Waals surface area (Å²) in [6.45, 7) is 4.47. The standard InChI is InChI=1S/C9H19N3O2/c1-7(2)12-8(13)4-5-11-9(14)6-10-3/h7,10H,4-6H2,1-3H3,(H,11,14)(H,12,13). The molecule has 0 aliphatic rings. The van der Waals surface area contributed by atoms with Crippen molar-refractivity contribution in [2.45, 2.75) is 26.3 Å². The van der Waals surface area contributed by atoms with E-state index in [1.54, 1.807) is 7.05 Å². The van der Waals surface area contributed by atoms with Crippen molar-refractivity contribution in [2.24, 2.45) is 0 Å². The van der Waals surface area contributed by atoms with Crippen molar-refractivity contribution in [3.8, 4) is 0 Å². The van der Waals surface area contributed by atoms with Gasteiger partial charge in [0.1, 0.15) is 0 Å². The summed E-state index contributed by atoms with van der Waals surface area (Å²) in [7, 11) is 1.70. The highest BCUT2D eigenvalue weighted by atomic mass is 16.2. The van der Waals surface area contributed by atoms with Crippen LogP contribution in [-0.2, 0) is 9.59 Å². The van der Waals surface area contributed by atoms with Gasteiger partial charge in [0.25, 0.3) is 0 Å².